The van der Waals surface area contributed by atoms with Crippen LogP contribution in [0.15, 0.2) is 17.3 Å². The molecule has 0 spiro atoms. The van der Waals surface area contributed by atoms with Crippen LogP contribution in [0.4, 0.5) is 5.69 Å². The number of rotatable bonds is 5. The van der Waals surface area contributed by atoms with Crippen LogP contribution in [0.1, 0.15) is 12.5 Å². The van der Waals surface area contributed by atoms with E-state index in [9.17, 15) is 10.1 Å². The Balaban J connectivity index is 2.87. The Morgan fingerprint density at radius 3 is 3.00 bits per heavy atom. The highest BCUT2D eigenvalue weighted by Crippen LogP contribution is 2.25. The molecule has 0 aromatic carbocycles. The Bertz CT molecular complexity index is 461. The summed E-state index contributed by atoms with van der Waals surface area (Å²) in [5.74, 6) is 1.55. The van der Waals surface area contributed by atoms with E-state index in [1.165, 1.54) is 17.8 Å². The van der Waals surface area contributed by atoms with Crippen molar-refractivity contribution in [3.05, 3.63) is 27.9 Å². The van der Waals surface area contributed by atoms with Crippen molar-refractivity contribution in [1.29, 1.82) is 5.26 Å². The van der Waals surface area contributed by atoms with Crippen LogP contribution < -0.4 is 0 Å². The topological polar surface area (TPSA) is 79.8 Å². The Morgan fingerprint density at radius 1 is 1.76 bits per heavy atom. The van der Waals surface area contributed by atoms with Crippen molar-refractivity contribution in [2.45, 2.75) is 11.9 Å². The molecule has 0 aliphatic rings. The summed E-state index contributed by atoms with van der Waals surface area (Å²) < 4.78 is 0. The summed E-state index contributed by atoms with van der Waals surface area (Å²) >= 11 is 7.05. The summed E-state index contributed by atoms with van der Waals surface area (Å²) in [6, 6.07) is 3.15. The standard InChI is InChI=1S/C10H10ClN3O2S/c1-7(3-11)6-17-10-8(4-12)2-9(5-13-10)14(15)16/h2,5,7H,3,6H2,1H3. The number of hydrogen-bond donors (Lipinski definition) is 0. The minimum Gasteiger partial charge on any atom is -0.258 e. The largest absolute Gasteiger partial charge is 0.288 e. The third kappa shape index (κ3) is 3.88. The van der Waals surface area contributed by atoms with Crippen LogP contribution in [0.5, 0.6) is 0 Å². The molecule has 1 aromatic heterocycles. The number of nitriles is 1. The molecule has 0 fully saturated rings. The van der Waals surface area contributed by atoms with Crippen LogP contribution in [-0.4, -0.2) is 21.5 Å². The predicted octanol–water partition coefficient (Wildman–Crippen LogP) is 2.83. The Hall–Kier alpha value is -1.32. The molecule has 0 radical (unpaired) electrons. The second-order valence-corrected chi connectivity index (χ2v) is 4.80. The van der Waals surface area contributed by atoms with Gasteiger partial charge in [-0.15, -0.1) is 23.4 Å². The predicted molar refractivity (Wildman–Crippen MR) is 66.2 cm³/mol. The number of alkyl halides is 1. The average molecular weight is 272 g/mol. The molecule has 17 heavy (non-hydrogen) atoms. The van der Waals surface area contributed by atoms with Gasteiger partial charge in [-0.25, -0.2) is 4.98 Å². The maximum atomic E-state index is 10.5. The number of pyridine rings is 1. The van der Waals surface area contributed by atoms with Crippen LogP contribution in [0.2, 0.25) is 0 Å². The first kappa shape index (κ1) is 13.7. The van der Waals surface area contributed by atoms with Gasteiger partial charge in [0.25, 0.3) is 5.69 Å². The average Bonchev–Trinajstić information content (AvgIpc) is 2.35. The summed E-state index contributed by atoms with van der Waals surface area (Å²) in [5, 5.41) is 19.9. The van der Waals surface area contributed by atoms with Crippen LogP contribution in [-0.2, 0) is 0 Å². The van der Waals surface area contributed by atoms with Gasteiger partial charge in [-0.3, -0.25) is 10.1 Å². The highest BCUT2D eigenvalue weighted by Gasteiger charge is 2.13. The molecular weight excluding hydrogens is 262 g/mol. The van der Waals surface area contributed by atoms with Gasteiger partial charge < -0.3 is 0 Å². The van der Waals surface area contributed by atoms with E-state index >= 15 is 0 Å². The zero-order valence-electron chi connectivity index (χ0n) is 9.09. The summed E-state index contributed by atoms with van der Waals surface area (Å²) in [6.45, 7) is 1.98. The second-order valence-electron chi connectivity index (χ2n) is 3.49. The van der Waals surface area contributed by atoms with Crippen molar-refractivity contribution < 1.29 is 4.92 Å². The molecule has 1 rings (SSSR count). The van der Waals surface area contributed by atoms with Crippen molar-refractivity contribution in [1.82, 2.24) is 4.98 Å². The summed E-state index contributed by atoms with van der Waals surface area (Å²) in [7, 11) is 0. The van der Waals surface area contributed by atoms with Gasteiger partial charge in [-0.2, -0.15) is 5.26 Å². The molecule has 0 saturated carbocycles. The molecule has 0 saturated heterocycles. The van der Waals surface area contributed by atoms with Crippen molar-refractivity contribution in [3.63, 3.8) is 0 Å². The molecule has 0 N–H and O–H groups in total. The molecule has 5 nitrogen and oxygen atoms in total. The lowest BCUT2D eigenvalue weighted by Crippen LogP contribution is -2.01. The highest BCUT2D eigenvalue weighted by atomic mass is 35.5. The lowest BCUT2D eigenvalue weighted by molar-refractivity contribution is -0.385. The molecule has 7 heteroatoms. The van der Waals surface area contributed by atoms with E-state index in [-0.39, 0.29) is 11.3 Å². The lowest BCUT2D eigenvalue weighted by atomic mass is 10.3. The molecule has 1 heterocycles. The van der Waals surface area contributed by atoms with Gasteiger partial charge >= 0.3 is 0 Å². The lowest BCUT2D eigenvalue weighted by Gasteiger charge is -2.06. The molecule has 1 atom stereocenters. The zero-order valence-corrected chi connectivity index (χ0v) is 10.7. The van der Waals surface area contributed by atoms with Gasteiger partial charge in [0.15, 0.2) is 0 Å². The molecular formula is C10H10ClN3O2S. The van der Waals surface area contributed by atoms with Gasteiger partial charge in [-0.1, -0.05) is 6.92 Å². The number of hydrogen-bond acceptors (Lipinski definition) is 5. The van der Waals surface area contributed by atoms with Crippen molar-refractivity contribution in [2.75, 3.05) is 11.6 Å². The fraction of sp³-hybridized carbons (Fsp3) is 0.400. The number of aromatic nitrogens is 1. The monoisotopic (exact) mass is 271 g/mol. The molecule has 0 aliphatic heterocycles. The van der Waals surface area contributed by atoms with Crippen LogP contribution in [0.25, 0.3) is 0 Å². The van der Waals surface area contributed by atoms with Gasteiger partial charge in [0.1, 0.15) is 17.3 Å². The van der Waals surface area contributed by atoms with Crippen molar-refractivity contribution in [3.8, 4) is 6.07 Å². The van der Waals surface area contributed by atoms with Crippen LogP contribution in [0, 0.1) is 27.4 Å². The number of thioether (sulfide) groups is 1. The van der Waals surface area contributed by atoms with E-state index in [4.69, 9.17) is 16.9 Å². The number of halogens is 1. The van der Waals surface area contributed by atoms with Gasteiger partial charge in [0.05, 0.1) is 10.5 Å². The summed E-state index contributed by atoms with van der Waals surface area (Å²) in [5.41, 5.74) is 0.0577. The highest BCUT2D eigenvalue weighted by molar-refractivity contribution is 7.99. The smallest absolute Gasteiger partial charge is 0.258 e. The Labute approximate surface area is 108 Å². The van der Waals surface area contributed by atoms with E-state index in [0.29, 0.717) is 16.8 Å². The normalized spacial score (nSPS) is 11.8. The van der Waals surface area contributed by atoms with Crippen LogP contribution in [0.3, 0.4) is 0 Å². The number of nitrogens with zero attached hydrogens (tertiary/aromatic N) is 3. The van der Waals surface area contributed by atoms with Gasteiger partial charge in [-0.05, 0) is 5.92 Å². The van der Waals surface area contributed by atoms with Crippen molar-refractivity contribution >= 4 is 29.1 Å². The second kappa shape index (κ2) is 6.42. The minimum absolute atomic E-state index is 0.170. The SMILES string of the molecule is CC(CCl)CSc1ncc([N+](=O)[O-])cc1C#N. The first-order valence-electron chi connectivity index (χ1n) is 4.81. The molecule has 0 bridgehead atoms. The first-order valence-corrected chi connectivity index (χ1v) is 6.33. The Kier molecular flexibility index (Phi) is 5.19. The maximum absolute atomic E-state index is 10.5. The van der Waals surface area contributed by atoms with Gasteiger partial charge in [0.2, 0.25) is 0 Å². The fourth-order valence-electron chi connectivity index (χ4n) is 1.00. The first-order chi connectivity index (χ1) is 8.08. The molecule has 90 valence electrons. The summed E-state index contributed by atoms with van der Waals surface area (Å²) in [4.78, 5) is 13.9. The number of nitro groups is 1. The third-order valence-corrected chi connectivity index (χ3v) is 3.80. The molecule has 0 aliphatic carbocycles. The van der Waals surface area contributed by atoms with Crippen LogP contribution >= 0.6 is 23.4 Å². The minimum atomic E-state index is -0.566. The molecule has 0 amide bonds. The van der Waals surface area contributed by atoms with Gasteiger partial charge in [0, 0.05) is 17.7 Å². The van der Waals surface area contributed by atoms with E-state index in [1.54, 1.807) is 0 Å². The Morgan fingerprint density at radius 2 is 2.47 bits per heavy atom. The van der Waals surface area contributed by atoms with E-state index in [2.05, 4.69) is 4.98 Å². The maximum Gasteiger partial charge on any atom is 0.288 e. The summed E-state index contributed by atoms with van der Waals surface area (Å²) in [6.07, 6.45) is 1.16. The zero-order chi connectivity index (χ0) is 12.8. The third-order valence-electron chi connectivity index (χ3n) is 1.94. The fourth-order valence-corrected chi connectivity index (χ4v) is 2.19. The van der Waals surface area contributed by atoms with E-state index in [1.807, 2.05) is 13.0 Å². The van der Waals surface area contributed by atoms with Crippen molar-refractivity contribution in [2.24, 2.45) is 5.92 Å². The molecule has 1 aromatic rings. The van der Waals surface area contributed by atoms with E-state index < -0.39 is 4.92 Å². The quantitative estimate of drug-likeness (QED) is 0.356. The van der Waals surface area contributed by atoms with E-state index in [0.717, 1.165) is 11.9 Å². The molecule has 1 unspecified atom stereocenters.